The summed E-state index contributed by atoms with van der Waals surface area (Å²) in [7, 11) is 1.53. The number of carbonyl (C=O) groups is 1. The van der Waals surface area contributed by atoms with Gasteiger partial charge in [-0.05, 0) is 22.4 Å². The Hall–Kier alpha value is -2.37. The number of nitrogens with zero attached hydrogens (tertiary/aromatic N) is 2. The summed E-state index contributed by atoms with van der Waals surface area (Å²) in [5.41, 5.74) is 0.553. The second kappa shape index (κ2) is 4.01. The number of ether oxygens (including phenoxy) is 1. The van der Waals surface area contributed by atoms with Crippen LogP contribution in [0.15, 0.2) is 28.9 Å². The molecule has 0 bridgehead atoms. The Morgan fingerprint density at radius 2 is 2.25 bits per heavy atom. The van der Waals surface area contributed by atoms with Crippen LogP contribution in [0.25, 0.3) is 11.3 Å². The zero-order chi connectivity index (χ0) is 11.5. The predicted octanol–water partition coefficient (Wildman–Crippen LogP) is 1.44. The van der Waals surface area contributed by atoms with Crippen molar-refractivity contribution in [3.8, 4) is 17.0 Å². The Bertz CT molecular complexity index is 521. The van der Waals surface area contributed by atoms with E-state index >= 15 is 0 Å². The van der Waals surface area contributed by atoms with Gasteiger partial charge in [-0.15, -0.1) is 0 Å². The van der Waals surface area contributed by atoms with E-state index in [4.69, 9.17) is 9.84 Å². The van der Waals surface area contributed by atoms with Gasteiger partial charge in [0.2, 0.25) is 5.69 Å². The van der Waals surface area contributed by atoms with Gasteiger partial charge in [0.15, 0.2) is 0 Å². The van der Waals surface area contributed by atoms with E-state index < -0.39 is 5.97 Å². The van der Waals surface area contributed by atoms with Crippen molar-refractivity contribution in [2.24, 2.45) is 0 Å². The molecular formula is C10H8N2O4. The highest BCUT2D eigenvalue weighted by atomic mass is 16.6. The van der Waals surface area contributed by atoms with Gasteiger partial charge in [0.05, 0.1) is 7.11 Å². The molecule has 0 aliphatic carbocycles. The fourth-order valence-electron chi connectivity index (χ4n) is 1.29. The third-order valence-corrected chi connectivity index (χ3v) is 2.03. The van der Waals surface area contributed by atoms with Crippen LogP contribution in [0.4, 0.5) is 0 Å². The van der Waals surface area contributed by atoms with Crippen molar-refractivity contribution in [2.75, 3.05) is 7.11 Å². The summed E-state index contributed by atoms with van der Waals surface area (Å²) in [4.78, 5) is 10.8. The zero-order valence-electron chi connectivity index (χ0n) is 8.38. The summed E-state index contributed by atoms with van der Waals surface area (Å²) in [6.07, 6.45) is 0. The number of hydrogen-bond donors (Lipinski definition) is 1. The largest absolute Gasteiger partial charge is 0.497 e. The van der Waals surface area contributed by atoms with Crippen LogP contribution in [0.1, 0.15) is 10.5 Å². The van der Waals surface area contributed by atoms with E-state index in [1.54, 1.807) is 24.3 Å². The van der Waals surface area contributed by atoms with Gasteiger partial charge in [0.1, 0.15) is 11.4 Å². The van der Waals surface area contributed by atoms with Crippen LogP contribution < -0.4 is 4.74 Å². The Labute approximate surface area is 90.4 Å². The van der Waals surface area contributed by atoms with Gasteiger partial charge in [0, 0.05) is 5.56 Å². The molecule has 0 spiro atoms. The first-order valence-corrected chi connectivity index (χ1v) is 4.42. The summed E-state index contributed by atoms with van der Waals surface area (Å²) in [6, 6.07) is 6.84. The van der Waals surface area contributed by atoms with E-state index in [-0.39, 0.29) is 11.4 Å². The fraction of sp³-hybridized carbons (Fsp3) is 0.100. The first-order valence-electron chi connectivity index (χ1n) is 4.42. The third kappa shape index (κ3) is 1.72. The molecule has 0 amide bonds. The summed E-state index contributed by atoms with van der Waals surface area (Å²) in [5, 5.41) is 15.7. The SMILES string of the molecule is COc1cccc(-c2nonc2C(=O)O)c1. The molecule has 0 radical (unpaired) electrons. The van der Waals surface area contributed by atoms with E-state index in [9.17, 15) is 4.79 Å². The van der Waals surface area contributed by atoms with Crippen LogP contribution in [0.2, 0.25) is 0 Å². The molecule has 2 rings (SSSR count). The molecule has 6 nitrogen and oxygen atoms in total. The molecule has 0 unspecified atom stereocenters. The van der Waals surface area contributed by atoms with E-state index in [0.29, 0.717) is 11.3 Å². The molecule has 0 aliphatic heterocycles. The molecule has 0 aliphatic rings. The van der Waals surface area contributed by atoms with Gasteiger partial charge in [-0.25, -0.2) is 9.42 Å². The Morgan fingerprint density at radius 3 is 2.94 bits per heavy atom. The van der Waals surface area contributed by atoms with Gasteiger partial charge >= 0.3 is 5.97 Å². The maximum Gasteiger partial charge on any atom is 0.360 e. The minimum absolute atomic E-state index is 0.186. The topological polar surface area (TPSA) is 85.5 Å². The number of aromatic nitrogens is 2. The third-order valence-electron chi connectivity index (χ3n) is 2.03. The molecule has 1 aromatic heterocycles. The second-order valence-corrected chi connectivity index (χ2v) is 3.00. The smallest absolute Gasteiger partial charge is 0.360 e. The first kappa shape index (κ1) is 10.2. The minimum atomic E-state index is -1.18. The highest BCUT2D eigenvalue weighted by molar-refractivity contribution is 5.92. The lowest BCUT2D eigenvalue weighted by molar-refractivity contribution is 0.0685. The Balaban J connectivity index is 2.50. The average Bonchev–Trinajstić information content (AvgIpc) is 2.78. The number of hydrogen-bond acceptors (Lipinski definition) is 5. The normalized spacial score (nSPS) is 10.1. The quantitative estimate of drug-likeness (QED) is 0.842. The number of carboxylic acid groups (broad SMARTS) is 1. The molecule has 1 aromatic carbocycles. The van der Waals surface area contributed by atoms with Crippen molar-refractivity contribution in [1.29, 1.82) is 0 Å². The number of methoxy groups -OCH3 is 1. The number of carboxylic acids is 1. The van der Waals surface area contributed by atoms with Crippen LogP contribution >= 0.6 is 0 Å². The maximum absolute atomic E-state index is 10.8. The van der Waals surface area contributed by atoms with E-state index in [2.05, 4.69) is 14.9 Å². The molecule has 82 valence electrons. The number of aromatic carboxylic acids is 1. The lowest BCUT2D eigenvalue weighted by Gasteiger charge is -2.01. The standard InChI is InChI=1S/C10H8N2O4/c1-15-7-4-2-3-6(5-7)8-9(10(13)14)12-16-11-8/h2-5H,1H3,(H,13,14). The molecule has 1 N–H and O–H groups in total. The van der Waals surface area contributed by atoms with Crippen molar-refractivity contribution in [1.82, 2.24) is 10.3 Å². The second-order valence-electron chi connectivity index (χ2n) is 3.00. The molecule has 16 heavy (non-hydrogen) atoms. The van der Waals surface area contributed by atoms with Gasteiger partial charge in [0.25, 0.3) is 0 Å². The van der Waals surface area contributed by atoms with Gasteiger partial charge in [-0.1, -0.05) is 12.1 Å². The van der Waals surface area contributed by atoms with Gasteiger partial charge < -0.3 is 9.84 Å². The van der Waals surface area contributed by atoms with E-state index in [1.807, 2.05) is 0 Å². The van der Waals surface area contributed by atoms with Crippen molar-refractivity contribution < 1.29 is 19.3 Å². The summed E-state index contributed by atoms with van der Waals surface area (Å²) >= 11 is 0. The van der Waals surface area contributed by atoms with Gasteiger partial charge in [-0.2, -0.15) is 0 Å². The summed E-state index contributed by atoms with van der Waals surface area (Å²) in [6.45, 7) is 0. The van der Waals surface area contributed by atoms with E-state index in [1.165, 1.54) is 7.11 Å². The zero-order valence-corrected chi connectivity index (χ0v) is 8.38. The molecular weight excluding hydrogens is 212 g/mol. The summed E-state index contributed by atoms with van der Waals surface area (Å²) in [5.74, 6) is -0.573. The van der Waals surface area contributed by atoms with Crippen LogP contribution in [0.3, 0.4) is 0 Å². The highest BCUT2D eigenvalue weighted by Gasteiger charge is 2.18. The van der Waals surface area contributed by atoms with Crippen LogP contribution in [0, 0.1) is 0 Å². The molecule has 6 heteroatoms. The average molecular weight is 220 g/mol. The van der Waals surface area contributed by atoms with Crippen LogP contribution in [-0.2, 0) is 0 Å². The van der Waals surface area contributed by atoms with Crippen LogP contribution in [-0.4, -0.2) is 28.5 Å². The van der Waals surface area contributed by atoms with E-state index in [0.717, 1.165) is 0 Å². The fourth-order valence-corrected chi connectivity index (χ4v) is 1.29. The van der Waals surface area contributed by atoms with Gasteiger partial charge in [-0.3, -0.25) is 0 Å². The van der Waals surface area contributed by atoms with Crippen LogP contribution in [0.5, 0.6) is 5.75 Å². The maximum atomic E-state index is 10.8. The van der Waals surface area contributed by atoms with Crippen molar-refractivity contribution in [2.45, 2.75) is 0 Å². The van der Waals surface area contributed by atoms with Crippen molar-refractivity contribution >= 4 is 5.97 Å². The lowest BCUT2D eigenvalue weighted by Crippen LogP contribution is -1.99. The molecule has 1 heterocycles. The monoisotopic (exact) mass is 220 g/mol. The summed E-state index contributed by atoms with van der Waals surface area (Å²) < 4.78 is 9.44. The highest BCUT2D eigenvalue weighted by Crippen LogP contribution is 2.24. The molecule has 0 saturated heterocycles. The number of benzene rings is 1. The van der Waals surface area contributed by atoms with Crippen molar-refractivity contribution in [3.63, 3.8) is 0 Å². The van der Waals surface area contributed by atoms with Crippen molar-refractivity contribution in [3.05, 3.63) is 30.0 Å². The lowest BCUT2D eigenvalue weighted by atomic mass is 10.1. The molecule has 2 aromatic rings. The first-order chi connectivity index (χ1) is 7.72. The Morgan fingerprint density at radius 1 is 1.44 bits per heavy atom. The molecule has 0 fully saturated rings. The predicted molar refractivity (Wildman–Crippen MR) is 53.2 cm³/mol. The number of rotatable bonds is 3. The Kier molecular flexibility index (Phi) is 2.55. The minimum Gasteiger partial charge on any atom is -0.497 e. The molecule has 0 atom stereocenters. The molecule has 0 saturated carbocycles.